The van der Waals surface area contributed by atoms with E-state index in [-0.39, 0.29) is 30.3 Å². The minimum atomic E-state index is -0.466. The molecule has 5 heterocycles. The van der Waals surface area contributed by atoms with Crippen LogP contribution in [0.5, 0.6) is 5.75 Å². The number of aromatic amines is 1. The van der Waals surface area contributed by atoms with Gasteiger partial charge in [-0.05, 0) is 35.8 Å². The first kappa shape index (κ1) is 27.6. The highest BCUT2D eigenvalue weighted by molar-refractivity contribution is 6.05. The van der Waals surface area contributed by atoms with Crippen LogP contribution in [0.4, 0.5) is 4.39 Å². The maximum absolute atomic E-state index is 16.5. The number of H-pyrrole nitrogens is 1. The Labute approximate surface area is 252 Å². The Hall–Kier alpha value is -5.26. The summed E-state index contributed by atoms with van der Waals surface area (Å²) in [5, 5.41) is 8.29. The number of nitrogens with one attached hydrogen (secondary N) is 1. The molecular formula is C32H31FN8O3. The van der Waals surface area contributed by atoms with Gasteiger partial charge in [0.2, 0.25) is 5.91 Å². The van der Waals surface area contributed by atoms with Crippen molar-refractivity contribution in [2.24, 2.45) is 7.05 Å². The van der Waals surface area contributed by atoms with Gasteiger partial charge >= 0.3 is 0 Å². The molecule has 0 radical (unpaired) electrons. The number of aryl methyl sites for hydroxylation is 2. The molecule has 3 aromatic heterocycles. The van der Waals surface area contributed by atoms with Gasteiger partial charge < -0.3 is 24.1 Å². The van der Waals surface area contributed by atoms with E-state index in [1.807, 2.05) is 48.0 Å². The summed E-state index contributed by atoms with van der Waals surface area (Å²) in [7, 11) is 3.50. The second kappa shape index (κ2) is 11.1. The number of para-hydroxylation sites is 1. The number of benzene rings is 2. The van der Waals surface area contributed by atoms with Crippen LogP contribution in [0, 0.1) is 5.82 Å². The number of carbonyl (C=O) groups excluding carboxylic acids is 2. The highest BCUT2D eigenvalue weighted by Gasteiger charge is 2.30. The largest absolute Gasteiger partial charge is 0.496 e. The maximum Gasteiger partial charge on any atom is 0.271 e. The molecule has 0 saturated heterocycles. The molecule has 44 heavy (non-hydrogen) atoms. The molecule has 224 valence electrons. The van der Waals surface area contributed by atoms with Crippen LogP contribution in [-0.4, -0.2) is 71.3 Å². The standard InChI is InChI=1S/C32H31FN8O3/c1-38-19-34-26-17-40(18-27(26)38)32(43)25-15-24-23(21-7-3-4-8-28(21)44-2)14-22(30(33)31(24)36-25)20-6-5-11-39(16-20)29(42)9-12-41-13-10-35-37-41/h3-4,6-8,10,13-15,19,36H,5,9,11-12,16-18H2,1-2H3. The third-order valence-corrected chi connectivity index (χ3v) is 8.47. The van der Waals surface area contributed by atoms with E-state index in [0.717, 1.165) is 22.5 Å². The second-order valence-corrected chi connectivity index (χ2v) is 11.1. The van der Waals surface area contributed by atoms with Crippen molar-refractivity contribution >= 4 is 28.3 Å². The summed E-state index contributed by atoms with van der Waals surface area (Å²) in [5.41, 5.74) is 4.97. The average molecular weight is 595 g/mol. The van der Waals surface area contributed by atoms with Gasteiger partial charge in [0.15, 0.2) is 5.82 Å². The molecule has 0 fully saturated rings. The fourth-order valence-electron chi connectivity index (χ4n) is 6.14. The van der Waals surface area contributed by atoms with Gasteiger partial charge in [-0.2, -0.15) is 0 Å². The Morgan fingerprint density at radius 3 is 2.73 bits per heavy atom. The zero-order valence-electron chi connectivity index (χ0n) is 24.5. The number of nitrogens with zero attached hydrogens (tertiary/aromatic N) is 7. The van der Waals surface area contributed by atoms with Crippen LogP contribution < -0.4 is 4.74 Å². The van der Waals surface area contributed by atoms with Gasteiger partial charge in [-0.25, -0.2) is 9.37 Å². The normalized spacial score (nSPS) is 14.7. The van der Waals surface area contributed by atoms with Crippen LogP contribution >= 0.6 is 0 Å². The number of fused-ring (bicyclic) bond motifs is 2. The van der Waals surface area contributed by atoms with Crippen LogP contribution in [0.1, 0.15) is 40.3 Å². The number of ether oxygens (including phenoxy) is 1. The fraction of sp³-hybridized carbons (Fsp3) is 0.281. The number of hydrogen-bond donors (Lipinski definition) is 1. The predicted octanol–water partition coefficient (Wildman–Crippen LogP) is 4.17. The zero-order valence-corrected chi connectivity index (χ0v) is 24.5. The summed E-state index contributed by atoms with van der Waals surface area (Å²) in [6, 6.07) is 11.1. The lowest BCUT2D eigenvalue weighted by Gasteiger charge is -2.28. The number of aromatic nitrogens is 6. The number of carbonyl (C=O) groups is 2. The molecule has 1 N–H and O–H groups in total. The van der Waals surface area contributed by atoms with Crippen molar-refractivity contribution in [3.8, 4) is 16.9 Å². The van der Waals surface area contributed by atoms with E-state index in [4.69, 9.17) is 4.74 Å². The van der Waals surface area contributed by atoms with E-state index < -0.39 is 5.82 Å². The monoisotopic (exact) mass is 594 g/mol. The molecule has 0 atom stereocenters. The molecule has 0 aliphatic carbocycles. The van der Waals surface area contributed by atoms with E-state index in [1.165, 1.54) is 0 Å². The lowest BCUT2D eigenvalue weighted by atomic mass is 9.93. The molecule has 12 heteroatoms. The Bertz CT molecular complexity index is 1920. The van der Waals surface area contributed by atoms with Crippen molar-refractivity contribution in [2.75, 3.05) is 20.2 Å². The van der Waals surface area contributed by atoms with E-state index in [1.54, 1.807) is 46.4 Å². The highest BCUT2D eigenvalue weighted by atomic mass is 19.1. The van der Waals surface area contributed by atoms with Gasteiger partial charge in [0.05, 0.1) is 56.2 Å². The Morgan fingerprint density at radius 1 is 1.07 bits per heavy atom. The number of methoxy groups -OCH3 is 1. The second-order valence-electron chi connectivity index (χ2n) is 11.1. The zero-order chi connectivity index (χ0) is 30.4. The van der Waals surface area contributed by atoms with Crippen LogP contribution in [-0.2, 0) is 31.5 Å². The van der Waals surface area contributed by atoms with Gasteiger partial charge in [-0.3, -0.25) is 14.3 Å². The number of halogens is 1. The quantitative estimate of drug-likeness (QED) is 0.303. The maximum atomic E-state index is 16.5. The molecule has 0 bridgehead atoms. The van der Waals surface area contributed by atoms with Crippen molar-refractivity contribution in [1.29, 1.82) is 0 Å². The number of amides is 2. The molecule has 2 aromatic carbocycles. The SMILES string of the molecule is COc1ccccc1-c1cc(C2=CCCN(C(=O)CCn3ccnn3)C2)c(F)c2[nH]c(C(=O)N3Cc4ncn(C)c4C3)cc12. The molecule has 2 amide bonds. The van der Waals surface area contributed by atoms with Crippen molar-refractivity contribution in [1.82, 2.24) is 39.3 Å². The molecule has 11 nitrogen and oxygen atoms in total. The fourth-order valence-corrected chi connectivity index (χ4v) is 6.14. The van der Waals surface area contributed by atoms with E-state index >= 15 is 4.39 Å². The van der Waals surface area contributed by atoms with Crippen LogP contribution in [0.2, 0.25) is 0 Å². The molecule has 5 aromatic rings. The molecule has 7 rings (SSSR count). The summed E-state index contributed by atoms with van der Waals surface area (Å²) in [4.78, 5) is 37.7. The first-order valence-corrected chi connectivity index (χ1v) is 14.5. The number of imidazole rings is 1. The topological polar surface area (TPSA) is 114 Å². The van der Waals surface area contributed by atoms with Crippen LogP contribution in [0.3, 0.4) is 0 Å². The van der Waals surface area contributed by atoms with E-state index in [0.29, 0.717) is 60.6 Å². The summed E-state index contributed by atoms with van der Waals surface area (Å²) in [6.07, 6.45) is 7.89. The molecule has 0 unspecified atom stereocenters. The molecular weight excluding hydrogens is 563 g/mol. The van der Waals surface area contributed by atoms with Crippen LogP contribution in [0.25, 0.3) is 27.6 Å². The Morgan fingerprint density at radius 2 is 1.93 bits per heavy atom. The minimum absolute atomic E-state index is 0.0357. The Kier molecular flexibility index (Phi) is 6.96. The summed E-state index contributed by atoms with van der Waals surface area (Å²) in [5.74, 6) is -0.102. The van der Waals surface area contributed by atoms with Gasteiger partial charge in [-0.1, -0.05) is 29.5 Å². The van der Waals surface area contributed by atoms with E-state index in [9.17, 15) is 9.59 Å². The summed E-state index contributed by atoms with van der Waals surface area (Å²) < 4.78 is 25.7. The smallest absolute Gasteiger partial charge is 0.271 e. The van der Waals surface area contributed by atoms with E-state index in [2.05, 4.69) is 20.3 Å². The molecule has 0 saturated carbocycles. The first-order chi connectivity index (χ1) is 21.4. The average Bonchev–Trinajstić information content (AvgIpc) is 3.86. The highest BCUT2D eigenvalue weighted by Crippen LogP contribution is 2.40. The minimum Gasteiger partial charge on any atom is -0.496 e. The van der Waals surface area contributed by atoms with Gasteiger partial charge in [0, 0.05) is 49.3 Å². The third-order valence-electron chi connectivity index (χ3n) is 8.47. The number of hydrogen-bond acceptors (Lipinski definition) is 6. The van der Waals surface area contributed by atoms with Crippen molar-refractivity contribution < 1.29 is 18.7 Å². The van der Waals surface area contributed by atoms with Crippen molar-refractivity contribution in [3.05, 3.63) is 89.7 Å². The lowest BCUT2D eigenvalue weighted by molar-refractivity contribution is -0.131. The summed E-state index contributed by atoms with van der Waals surface area (Å²) in [6.45, 7) is 2.07. The summed E-state index contributed by atoms with van der Waals surface area (Å²) >= 11 is 0. The Balaban J connectivity index is 1.25. The van der Waals surface area contributed by atoms with Crippen LogP contribution in [0.15, 0.2) is 61.2 Å². The number of rotatable bonds is 7. The lowest BCUT2D eigenvalue weighted by Crippen LogP contribution is -2.36. The van der Waals surface area contributed by atoms with Crippen molar-refractivity contribution in [3.63, 3.8) is 0 Å². The first-order valence-electron chi connectivity index (χ1n) is 14.5. The van der Waals surface area contributed by atoms with Gasteiger partial charge in [0.1, 0.15) is 11.4 Å². The van der Waals surface area contributed by atoms with Crippen molar-refractivity contribution in [2.45, 2.75) is 32.5 Å². The molecule has 2 aliphatic heterocycles. The predicted molar refractivity (Wildman–Crippen MR) is 161 cm³/mol. The molecule has 2 aliphatic rings. The van der Waals surface area contributed by atoms with Gasteiger partial charge in [-0.15, -0.1) is 5.10 Å². The molecule has 0 spiro atoms. The van der Waals surface area contributed by atoms with Gasteiger partial charge in [0.25, 0.3) is 5.91 Å². The third kappa shape index (κ3) is 4.81.